The van der Waals surface area contributed by atoms with Crippen molar-refractivity contribution in [2.24, 2.45) is 0 Å². The Bertz CT molecular complexity index is 1340. The molecule has 4 aromatic rings. The van der Waals surface area contributed by atoms with Crippen LogP contribution in [-0.4, -0.2) is 50.2 Å². The lowest BCUT2D eigenvalue weighted by atomic mass is 10.2. The molecular weight excluding hydrogens is 364 g/mol. The van der Waals surface area contributed by atoms with E-state index in [1.807, 2.05) is 0 Å². The van der Waals surface area contributed by atoms with Crippen molar-refractivity contribution in [1.29, 1.82) is 0 Å². The Balaban J connectivity index is 1.82. The fourth-order valence-corrected chi connectivity index (χ4v) is 2.76. The van der Waals surface area contributed by atoms with Crippen LogP contribution in [-0.2, 0) is 13.1 Å². The second-order valence-electron chi connectivity index (χ2n) is 6.04. The van der Waals surface area contributed by atoms with Crippen molar-refractivity contribution in [3.8, 4) is 11.8 Å². The Kier molecular flexibility index (Phi) is 4.32. The molecule has 4 rings (SSSR count). The van der Waals surface area contributed by atoms with Gasteiger partial charge < -0.3 is 0 Å². The minimum atomic E-state index is -0.360. The van der Waals surface area contributed by atoms with Gasteiger partial charge in [-0.25, -0.2) is 4.68 Å². The highest BCUT2D eigenvalue weighted by molar-refractivity contribution is 5.93. The molecule has 0 bridgehead atoms. The molecule has 0 aliphatic carbocycles. The van der Waals surface area contributed by atoms with E-state index < -0.39 is 0 Å². The predicted octanol–water partition coefficient (Wildman–Crippen LogP) is -0.833. The standard InChI is InChI=1S/C16H14N10O2/c1-3-4-5-24-15(27)11-6-14-12(7-13(11)19-22-24)16(28)26(23-20-14)10(2)8-25-18-9-17-21-25/h6-7,9-10H,5,8H2,1-2H3. The second-order valence-corrected chi connectivity index (χ2v) is 6.04. The third-order valence-electron chi connectivity index (χ3n) is 4.17. The van der Waals surface area contributed by atoms with Crippen LogP contribution in [0, 0.1) is 11.8 Å². The number of rotatable bonds is 4. The summed E-state index contributed by atoms with van der Waals surface area (Å²) < 4.78 is 2.40. The Morgan fingerprint density at radius 1 is 1.04 bits per heavy atom. The quantitative estimate of drug-likeness (QED) is 0.329. The third-order valence-corrected chi connectivity index (χ3v) is 4.17. The first kappa shape index (κ1) is 17.4. The van der Waals surface area contributed by atoms with E-state index in [0.29, 0.717) is 28.4 Å². The van der Waals surface area contributed by atoms with E-state index in [1.165, 1.54) is 27.9 Å². The maximum absolute atomic E-state index is 12.9. The molecule has 0 aliphatic rings. The van der Waals surface area contributed by atoms with Gasteiger partial charge in [0, 0.05) is 0 Å². The smallest absolute Gasteiger partial charge is 0.267 e. The van der Waals surface area contributed by atoms with Crippen LogP contribution in [0.2, 0.25) is 0 Å². The average molecular weight is 378 g/mol. The minimum absolute atomic E-state index is 0.136. The van der Waals surface area contributed by atoms with E-state index in [4.69, 9.17) is 0 Å². The van der Waals surface area contributed by atoms with Gasteiger partial charge in [0.1, 0.15) is 17.6 Å². The van der Waals surface area contributed by atoms with Gasteiger partial charge in [0.15, 0.2) is 6.33 Å². The molecule has 1 atom stereocenters. The first-order valence-corrected chi connectivity index (χ1v) is 8.35. The number of hydrogen-bond acceptors (Lipinski definition) is 9. The van der Waals surface area contributed by atoms with E-state index in [9.17, 15) is 9.59 Å². The lowest BCUT2D eigenvalue weighted by Gasteiger charge is -2.12. The van der Waals surface area contributed by atoms with Crippen molar-refractivity contribution < 1.29 is 0 Å². The second kappa shape index (κ2) is 6.95. The zero-order valence-electron chi connectivity index (χ0n) is 15.0. The van der Waals surface area contributed by atoms with E-state index in [1.54, 1.807) is 13.8 Å². The van der Waals surface area contributed by atoms with Gasteiger partial charge in [-0.2, -0.15) is 9.48 Å². The zero-order chi connectivity index (χ0) is 19.7. The first-order chi connectivity index (χ1) is 13.6. The van der Waals surface area contributed by atoms with Gasteiger partial charge in [0.25, 0.3) is 11.1 Å². The summed E-state index contributed by atoms with van der Waals surface area (Å²) >= 11 is 0. The van der Waals surface area contributed by atoms with Crippen molar-refractivity contribution in [1.82, 2.24) is 50.2 Å². The number of aromatic nitrogens is 10. The molecule has 0 saturated carbocycles. The molecule has 12 heteroatoms. The molecule has 0 N–H and O–H groups in total. The molecule has 140 valence electrons. The summed E-state index contributed by atoms with van der Waals surface area (Å²) in [7, 11) is 0. The van der Waals surface area contributed by atoms with Crippen molar-refractivity contribution in [3.05, 3.63) is 39.2 Å². The summed E-state index contributed by atoms with van der Waals surface area (Å²) in [6.45, 7) is 3.90. The van der Waals surface area contributed by atoms with Crippen molar-refractivity contribution >= 4 is 21.8 Å². The van der Waals surface area contributed by atoms with Crippen LogP contribution in [0.25, 0.3) is 21.8 Å². The van der Waals surface area contributed by atoms with Gasteiger partial charge in [0.2, 0.25) is 0 Å². The average Bonchev–Trinajstić information content (AvgIpc) is 3.20. The van der Waals surface area contributed by atoms with E-state index in [2.05, 4.69) is 47.9 Å². The monoisotopic (exact) mass is 378 g/mol. The Labute approximate surface area is 156 Å². The van der Waals surface area contributed by atoms with Crippen molar-refractivity contribution in [3.63, 3.8) is 0 Å². The Morgan fingerprint density at radius 3 is 2.43 bits per heavy atom. The number of benzene rings is 1. The normalized spacial score (nSPS) is 12.1. The van der Waals surface area contributed by atoms with Gasteiger partial charge >= 0.3 is 0 Å². The van der Waals surface area contributed by atoms with Gasteiger partial charge in [-0.15, -0.1) is 26.3 Å². The summed E-state index contributed by atoms with van der Waals surface area (Å²) in [5.74, 6) is 5.47. The van der Waals surface area contributed by atoms with Gasteiger partial charge in [-0.1, -0.05) is 16.3 Å². The molecule has 3 heterocycles. The van der Waals surface area contributed by atoms with E-state index >= 15 is 0 Å². The summed E-state index contributed by atoms with van der Waals surface area (Å²) in [5, 5.41) is 27.9. The SMILES string of the molecule is CC#CCn1nnc2cc3c(=O)n(C(C)Cn4ncnn4)nnc3cc2c1=O. The highest BCUT2D eigenvalue weighted by Crippen LogP contribution is 2.14. The maximum Gasteiger partial charge on any atom is 0.278 e. The largest absolute Gasteiger partial charge is 0.278 e. The predicted molar refractivity (Wildman–Crippen MR) is 97.1 cm³/mol. The number of tetrazole rings is 1. The molecule has 0 fully saturated rings. The highest BCUT2D eigenvalue weighted by atomic mass is 16.1. The van der Waals surface area contributed by atoms with Crippen LogP contribution in [0.1, 0.15) is 19.9 Å². The molecule has 0 amide bonds. The molecule has 12 nitrogen and oxygen atoms in total. The molecule has 1 aromatic carbocycles. The lowest BCUT2D eigenvalue weighted by Crippen LogP contribution is -2.30. The molecule has 1 unspecified atom stereocenters. The van der Waals surface area contributed by atoms with E-state index in [0.717, 1.165) is 4.68 Å². The number of nitrogens with zero attached hydrogens (tertiary/aromatic N) is 10. The Morgan fingerprint density at radius 2 is 1.75 bits per heavy atom. The number of hydrogen-bond donors (Lipinski definition) is 0. The Hall–Kier alpha value is -4.01. The van der Waals surface area contributed by atoms with Gasteiger partial charge in [0.05, 0.1) is 23.4 Å². The van der Waals surface area contributed by atoms with Crippen molar-refractivity contribution in [2.45, 2.75) is 33.0 Å². The minimum Gasteiger partial charge on any atom is -0.267 e. The zero-order valence-corrected chi connectivity index (χ0v) is 15.0. The molecular formula is C16H14N10O2. The first-order valence-electron chi connectivity index (χ1n) is 8.35. The van der Waals surface area contributed by atoms with Gasteiger partial charge in [-0.3, -0.25) is 9.59 Å². The summed E-state index contributed by atoms with van der Waals surface area (Å²) in [5.41, 5.74) is -0.105. The fourth-order valence-electron chi connectivity index (χ4n) is 2.76. The summed E-state index contributed by atoms with van der Waals surface area (Å²) in [6.07, 6.45) is 1.31. The van der Waals surface area contributed by atoms with Crippen LogP contribution < -0.4 is 11.1 Å². The van der Waals surface area contributed by atoms with Crippen molar-refractivity contribution in [2.75, 3.05) is 0 Å². The van der Waals surface area contributed by atoms with Crippen LogP contribution in [0.5, 0.6) is 0 Å². The third kappa shape index (κ3) is 2.98. The maximum atomic E-state index is 12.9. The summed E-state index contributed by atoms with van der Waals surface area (Å²) in [6, 6.07) is 2.64. The molecule has 0 radical (unpaired) electrons. The topological polar surface area (TPSA) is 139 Å². The molecule has 28 heavy (non-hydrogen) atoms. The highest BCUT2D eigenvalue weighted by Gasteiger charge is 2.15. The number of fused-ring (bicyclic) bond motifs is 2. The fraction of sp³-hybridized carbons (Fsp3) is 0.312. The van der Waals surface area contributed by atoms with Crippen LogP contribution in [0.4, 0.5) is 0 Å². The molecule has 0 aliphatic heterocycles. The van der Waals surface area contributed by atoms with Crippen LogP contribution >= 0.6 is 0 Å². The summed E-state index contributed by atoms with van der Waals surface area (Å²) in [4.78, 5) is 26.8. The van der Waals surface area contributed by atoms with Gasteiger partial charge in [-0.05, 0) is 31.2 Å². The molecule has 0 spiro atoms. The van der Waals surface area contributed by atoms with Crippen LogP contribution in [0.3, 0.4) is 0 Å². The van der Waals surface area contributed by atoms with E-state index in [-0.39, 0.29) is 23.7 Å². The molecule has 3 aromatic heterocycles. The molecule has 0 saturated heterocycles. The van der Waals surface area contributed by atoms with Crippen LogP contribution in [0.15, 0.2) is 28.0 Å². The lowest BCUT2D eigenvalue weighted by molar-refractivity contribution is 0.354.